The number of aromatic nitrogens is 1. The number of methoxy groups -OCH3 is 1. The summed E-state index contributed by atoms with van der Waals surface area (Å²) in [6.45, 7) is 4.08. The van der Waals surface area contributed by atoms with Crippen LogP contribution in [0.2, 0.25) is 5.15 Å². The molecule has 1 rings (SSSR count). The number of rotatable bonds is 3. The summed E-state index contributed by atoms with van der Waals surface area (Å²) >= 11 is 5.95. The Hall–Kier alpha value is -1.00. The van der Waals surface area contributed by atoms with Gasteiger partial charge in [0.15, 0.2) is 10.9 Å². The number of hydrogen-bond acceptors (Lipinski definition) is 4. The van der Waals surface area contributed by atoms with E-state index in [-0.39, 0.29) is 5.92 Å². The number of halogens is 1. The number of anilines is 1. The second-order valence-corrected chi connectivity index (χ2v) is 4.01. The van der Waals surface area contributed by atoms with Gasteiger partial charge in [0.25, 0.3) is 0 Å². The predicted molar refractivity (Wildman–Crippen MR) is 62.5 cm³/mol. The Bertz CT molecular complexity index is 353. The molecule has 0 aromatic carbocycles. The zero-order valence-corrected chi connectivity index (χ0v) is 10.2. The van der Waals surface area contributed by atoms with Gasteiger partial charge in [0, 0.05) is 13.1 Å². The smallest absolute Gasteiger partial charge is 0.171 e. The molecule has 0 aliphatic carbocycles. The molecular weight excluding hydrogens is 214 g/mol. The lowest BCUT2D eigenvalue weighted by molar-refractivity contribution is 0.412. The quantitative estimate of drug-likeness (QED) is 0.490. The summed E-state index contributed by atoms with van der Waals surface area (Å²) in [7, 11) is 3.31. The number of nitrogens with two attached hydrogens (primary N) is 1. The molecule has 0 saturated heterocycles. The molecule has 1 aromatic heterocycles. The first-order valence-electron chi connectivity index (χ1n) is 4.70. The molecule has 0 radical (unpaired) electrons. The highest BCUT2D eigenvalue weighted by Crippen LogP contribution is 2.32. The largest absolute Gasteiger partial charge is 0.493 e. The summed E-state index contributed by atoms with van der Waals surface area (Å²) in [5, 5.41) is 1.88. The maximum absolute atomic E-state index is 5.95. The van der Waals surface area contributed by atoms with E-state index >= 15 is 0 Å². The molecule has 1 heterocycles. The molecule has 0 bridgehead atoms. The van der Waals surface area contributed by atoms with Crippen LogP contribution in [0.1, 0.15) is 25.5 Å². The lowest BCUT2D eigenvalue weighted by atomic mass is 10.1. The van der Waals surface area contributed by atoms with Gasteiger partial charge in [0.1, 0.15) is 0 Å². The third-order valence-electron chi connectivity index (χ3n) is 2.10. The second-order valence-electron chi connectivity index (χ2n) is 3.65. The van der Waals surface area contributed by atoms with Crippen molar-refractivity contribution in [3.05, 3.63) is 16.9 Å². The van der Waals surface area contributed by atoms with Gasteiger partial charge in [-0.2, -0.15) is 0 Å². The molecule has 1 aromatic rings. The fourth-order valence-corrected chi connectivity index (χ4v) is 1.55. The zero-order chi connectivity index (χ0) is 11.6. The van der Waals surface area contributed by atoms with Gasteiger partial charge >= 0.3 is 0 Å². The highest BCUT2D eigenvalue weighted by molar-refractivity contribution is 6.30. The first-order chi connectivity index (χ1) is 6.97. The molecule has 84 valence electrons. The lowest BCUT2D eigenvalue weighted by Gasteiger charge is -2.19. The van der Waals surface area contributed by atoms with Crippen molar-refractivity contribution < 1.29 is 4.74 Å². The van der Waals surface area contributed by atoms with Crippen molar-refractivity contribution in [1.82, 2.24) is 4.98 Å². The number of hydrogen-bond donors (Lipinski definition) is 1. The van der Waals surface area contributed by atoms with Crippen molar-refractivity contribution in [3.63, 3.8) is 0 Å². The molecule has 0 fully saturated rings. The molecule has 0 saturated carbocycles. The Morgan fingerprint density at radius 1 is 1.53 bits per heavy atom. The molecule has 0 aliphatic heterocycles. The van der Waals surface area contributed by atoms with Gasteiger partial charge in [0.05, 0.1) is 18.5 Å². The van der Waals surface area contributed by atoms with E-state index in [0.29, 0.717) is 10.9 Å². The average Bonchev–Trinajstić information content (AvgIpc) is 2.16. The number of ether oxygens (including phenoxy) is 1. The van der Waals surface area contributed by atoms with Gasteiger partial charge in [0.2, 0.25) is 0 Å². The number of nitrogens with zero attached hydrogens (tertiary/aromatic N) is 2. The van der Waals surface area contributed by atoms with Crippen LogP contribution in [-0.4, -0.2) is 19.1 Å². The Kier molecular flexibility index (Phi) is 3.77. The molecule has 2 N–H and O–H groups in total. The van der Waals surface area contributed by atoms with Crippen molar-refractivity contribution in [3.8, 4) is 5.75 Å². The average molecular weight is 230 g/mol. The predicted octanol–water partition coefficient (Wildman–Crippen LogP) is 2.18. The summed E-state index contributed by atoms with van der Waals surface area (Å²) in [4.78, 5) is 4.28. The maximum Gasteiger partial charge on any atom is 0.171 e. The monoisotopic (exact) mass is 229 g/mol. The fraction of sp³-hybridized carbons (Fsp3) is 0.500. The fourth-order valence-electron chi connectivity index (χ4n) is 1.33. The minimum Gasteiger partial charge on any atom is -0.493 e. The van der Waals surface area contributed by atoms with Gasteiger partial charge in [-0.15, -0.1) is 0 Å². The molecule has 0 spiro atoms. The van der Waals surface area contributed by atoms with E-state index in [2.05, 4.69) is 4.98 Å². The standard InChI is InChI=1S/C10H16ClN3O/c1-6(2)9-7(14(3)12)5-8(15-4)10(11)13-9/h5-6H,12H2,1-4H3. The van der Waals surface area contributed by atoms with Crippen LogP contribution in [0.3, 0.4) is 0 Å². The van der Waals surface area contributed by atoms with Gasteiger partial charge in [-0.3, -0.25) is 0 Å². The van der Waals surface area contributed by atoms with E-state index in [0.717, 1.165) is 11.4 Å². The zero-order valence-electron chi connectivity index (χ0n) is 9.41. The number of pyridine rings is 1. The van der Waals surface area contributed by atoms with Gasteiger partial charge < -0.3 is 9.75 Å². The highest BCUT2D eigenvalue weighted by Gasteiger charge is 2.15. The first-order valence-corrected chi connectivity index (χ1v) is 5.08. The van der Waals surface area contributed by atoms with E-state index in [1.54, 1.807) is 20.2 Å². The Morgan fingerprint density at radius 2 is 2.13 bits per heavy atom. The van der Waals surface area contributed by atoms with Crippen LogP contribution < -0.4 is 15.6 Å². The van der Waals surface area contributed by atoms with Crippen LogP contribution in [0.15, 0.2) is 6.07 Å². The second kappa shape index (κ2) is 4.68. The van der Waals surface area contributed by atoms with Gasteiger partial charge in [-0.05, 0) is 5.92 Å². The molecule has 15 heavy (non-hydrogen) atoms. The molecule has 0 unspecified atom stereocenters. The molecule has 0 aliphatic rings. The molecule has 0 atom stereocenters. The summed E-state index contributed by atoms with van der Waals surface area (Å²) in [6.07, 6.45) is 0. The van der Waals surface area contributed by atoms with Crippen molar-refractivity contribution in [2.75, 3.05) is 19.2 Å². The Balaban J connectivity index is 3.32. The molecule has 0 amide bonds. The van der Waals surface area contributed by atoms with Crippen molar-refractivity contribution in [2.24, 2.45) is 5.84 Å². The van der Waals surface area contributed by atoms with Crippen molar-refractivity contribution in [1.29, 1.82) is 0 Å². The van der Waals surface area contributed by atoms with E-state index < -0.39 is 0 Å². The SMILES string of the molecule is COc1cc(N(C)N)c(C(C)C)nc1Cl. The third kappa shape index (κ3) is 2.52. The Morgan fingerprint density at radius 3 is 2.53 bits per heavy atom. The topological polar surface area (TPSA) is 51.4 Å². The van der Waals surface area contributed by atoms with E-state index in [4.69, 9.17) is 22.2 Å². The lowest BCUT2D eigenvalue weighted by Crippen LogP contribution is -2.27. The number of hydrazine groups is 1. The highest BCUT2D eigenvalue weighted by atomic mass is 35.5. The third-order valence-corrected chi connectivity index (χ3v) is 2.37. The summed E-state index contributed by atoms with van der Waals surface area (Å²) in [6, 6.07) is 1.80. The van der Waals surface area contributed by atoms with Gasteiger partial charge in [-0.25, -0.2) is 10.8 Å². The normalized spacial score (nSPS) is 10.6. The van der Waals surface area contributed by atoms with E-state index in [1.807, 2.05) is 13.8 Å². The van der Waals surface area contributed by atoms with Crippen LogP contribution in [-0.2, 0) is 0 Å². The van der Waals surface area contributed by atoms with Crippen LogP contribution in [0.5, 0.6) is 5.75 Å². The van der Waals surface area contributed by atoms with Crippen LogP contribution in [0, 0.1) is 0 Å². The molecular formula is C10H16ClN3O. The minimum atomic E-state index is 0.259. The van der Waals surface area contributed by atoms with E-state index in [1.165, 1.54) is 5.01 Å². The Labute approximate surface area is 95.0 Å². The van der Waals surface area contributed by atoms with Crippen LogP contribution >= 0.6 is 11.6 Å². The minimum absolute atomic E-state index is 0.259. The molecule has 5 heteroatoms. The van der Waals surface area contributed by atoms with E-state index in [9.17, 15) is 0 Å². The maximum atomic E-state index is 5.95. The van der Waals surface area contributed by atoms with Crippen LogP contribution in [0.4, 0.5) is 5.69 Å². The van der Waals surface area contributed by atoms with Crippen molar-refractivity contribution in [2.45, 2.75) is 19.8 Å². The first kappa shape index (κ1) is 12.1. The summed E-state index contributed by atoms with van der Waals surface area (Å²) in [5.74, 6) is 6.51. The molecule has 4 nitrogen and oxygen atoms in total. The van der Waals surface area contributed by atoms with Crippen molar-refractivity contribution >= 4 is 17.3 Å². The van der Waals surface area contributed by atoms with Gasteiger partial charge in [-0.1, -0.05) is 25.4 Å². The summed E-state index contributed by atoms with van der Waals surface area (Å²) < 4.78 is 5.09. The van der Waals surface area contributed by atoms with Crippen LogP contribution in [0.25, 0.3) is 0 Å². The summed E-state index contributed by atoms with van der Waals surface area (Å²) in [5.41, 5.74) is 1.69.